The van der Waals surface area contributed by atoms with Gasteiger partial charge in [0, 0.05) is 12.8 Å². The van der Waals surface area contributed by atoms with E-state index in [1.165, 1.54) is 167 Å². The summed E-state index contributed by atoms with van der Waals surface area (Å²) >= 11 is 0. The van der Waals surface area contributed by atoms with E-state index in [4.69, 9.17) is 18.5 Å². The number of hydrogen-bond donors (Lipinski definition) is 1. The van der Waals surface area contributed by atoms with E-state index in [1.807, 2.05) is 21.1 Å². The van der Waals surface area contributed by atoms with Gasteiger partial charge in [-0.1, -0.05) is 198 Å². The SMILES string of the molecule is CCCCCCC/C=C\C/C=C\CCCCCCCCCCCCCC(=O)OC(COC(=O)CCCCCCCCC/C=C\CCCCCCCC)COP(=O)(O)OCC[N+](C)(C)C. The topological polar surface area (TPSA) is 108 Å². The number of phosphoric ester groups is 1. The molecule has 64 heavy (non-hydrogen) atoms. The Morgan fingerprint density at radius 3 is 1.25 bits per heavy atom. The highest BCUT2D eigenvalue weighted by Crippen LogP contribution is 2.43. The summed E-state index contributed by atoms with van der Waals surface area (Å²) in [6.07, 6.45) is 54.8. The van der Waals surface area contributed by atoms with Crippen LogP contribution in [0.2, 0.25) is 0 Å². The first kappa shape index (κ1) is 62.2. The van der Waals surface area contributed by atoms with Crippen LogP contribution in [0.3, 0.4) is 0 Å². The van der Waals surface area contributed by atoms with Crippen molar-refractivity contribution in [3.8, 4) is 0 Å². The summed E-state index contributed by atoms with van der Waals surface area (Å²) in [5.74, 6) is -0.797. The van der Waals surface area contributed by atoms with E-state index in [2.05, 4.69) is 50.3 Å². The first-order chi connectivity index (χ1) is 31.0. The van der Waals surface area contributed by atoms with E-state index in [0.717, 1.165) is 44.9 Å². The van der Waals surface area contributed by atoms with Crippen LogP contribution >= 0.6 is 7.82 Å². The van der Waals surface area contributed by atoms with Crippen LogP contribution in [-0.2, 0) is 32.7 Å². The van der Waals surface area contributed by atoms with Crippen molar-refractivity contribution in [3.63, 3.8) is 0 Å². The van der Waals surface area contributed by atoms with Crippen LogP contribution in [0.25, 0.3) is 0 Å². The van der Waals surface area contributed by atoms with Gasteiger partial charge in [0.05, 0.1) is 27.7 Å². The molecule has 0 fully saturated rings. The van der Waals surface area contributed by atoms with Crippen molar-refractivity contribution in [2.45, 2.75) is 251 Å². The molecule has 0 aromatic rings. The number of ether oxygens (including phenoxy) is 2. The third-order valence-corrected chi connectivity index (χ3v) is 12.6. The molecule has 2 atom stereocenters. The maximum absolute atomic E-state index is 12.8. The van der Waals surface area contributed by atoms with Crippen LogP contribution in [0.1, 0.15) is 245 Å². The van der Waals surface area contributed by atoms with Crippen LogP contribution in [0, 0.1) is 0 Å². The van der Waals surface area contributed by atoms with Crippen LogP contribution in [-0.4, -0.2) is 74.9 Å². The Balaban J connectivity index is 4.22. The molecule has 376 valence electrons. The molecule has 0 aromatic carbocycles. The molecule has 0 radical (unpaired) electrons. The molecule has 2 unspecified atom stereocenters. The molecular weight excluding hydrogens is 822 g/mol. The second kappa shape index (κ2) is 46.3. The van der Waals surface area contributed by atoms with Gasteiger partial charge in [-0.25, -0.2) is 4.57 Å². The Bertz CT molecular complexity index is 1180. The fourth-order valence-electron chi connectivity index (χ4n) is 7.45. The number of allylic oxidation sites excluding steroid dienone is 6. The fourth-order valence-corrected chi connectivity index (χ4v) is 8.19. The zero-order valence-electron chi connectivity index (χ0n) is 42.5. The minimum atomic E-state index is -4.38. The number of esters is 2. The van der Waals surface area contributed by atoms with Gasteiger partial charge in [-0.2, -0.15) is 0 Å². The van der Waals surface area contributed by atoms with Gasteiger partial charge in [-0.15, -0.1) is 0 Å². The monoisotopic (exact) mass is 925 g/mol. The van der Waals surface area contributed by atoms with Crippen LogP contribution in [0.15, 0.2) is 36.5 Å². The molecule has 1 N–H and O–H groups in total. The van der Waals surface area contributed by atoms with Gasteiger partial charge in [-0.05, 0) is 70.6 Å². The Morgan fingerprint density at radius 1 is 0.484 bits per heavy atom. The number of phosphoric acid groups is 1. The predicted molar refractivity (Wildman–Crippen MR) is 270 cm³/mol. The van der Waals surface area contributed by atoms with E-state index >= 15 is 0 Å². The molecule has 0 aromatic heterocycles. The number of unbranched alkanes of at least 4 members (excludes halogenated alkanes) is 29. The smallest absolute Gasteiger partial charge is 0.462 e. The van der Waals surface area contributed by atoms with Gasteiger partial charge in [-0.3, -0.25) is 18.6 Å². The normalized spacial score (nSPS) is 13.7. The average molecular weight is 925 g/mol. The fraction of sp³-hybridized carbons (Fsp3) is 0.852. The summed E-state index contributed by atoms with van der Waals surface area (Å²) in [6.45, 7) is 4.43. The van der Waals surface area contributed by atoms with Gasteiger partial charge >= 0.3 is 19.8 Å². The highest BCUT2D eigenvalue weighted by molar-refractivity contribution is 7.47. The Hall–Kier alpha value is -1.77. The summed E-state index contributed by atoms with van der Waals surface area (Å²) in [7, 11) is 1.48. The van der Waals surface area contributed by atoms with Crippen molar-refractivity contribution in [2.24, 2.45) is 0 Å². The first-order valence-electron chi connectivity index (χ1n) is 26.7. The number of rotatable bonds is 49. The molecule has 0 aliphatic carbocycles. The standard InChI is InChI=1S/C54H102NO8P/c1-6-8-10-12-14-16-18-20-22-24-25-26-27-28-29-31-33-35-37-39-41-43-45-47-54(57)63-52(51-62-64(58,59)61-49-48-55(3,4)5)50-60-53(56)46-44-42-40-38-36-34-32-30-23-21-19-17-15-13-11-9-7-2/h18,20-21,23-25,52H,6-17,19,22,26-51H2,1-5H3/p+1/b20-18-,23-21-,25-24-. The molecular formula is C54H103NO8P+. The number of carbonyl (C=O) groups is 2. The van der Waals surface area contributed by atoms with Gasteiger partial charge in [0.2, 0.25) is 0 Å². The lowest BCUT2D eigenvalue weighted by Crippen LogP contribution is -2.37. The molecule has 0 spiro atoms. The molecule has 0 rings (SSSR count). The van der Waals surface area contributed by atoms with Crippen LogP contribution < -0.4 is 0 Å². The summed E-state index contributed by atoms with van der Waals surface area (Å²) < 4.78 is 34.5. The predicted octanol–water partition coefficient (Wildman–Crippen LogP) is 16.0. The first-order valence-corrected chi connectivity index (χ1v) is 28.2. The number of quaternary nitrogens is 1. The van der Waals surface area contributed by atoms with Crippen molar-refractivity contribution in [3.05, 3.63) is 36.5 Å². The highest BCUT2D eigenvalue weighted by atomic mass is 31.2. The zero-order valence-corrected chi connectivity index (χ0v) is 43.4. The van der Waals surface area contributed by atoms with Crippen LogP contribution in [0.5, 0.6) is 0 Å². The third kappa shape index (κ3) is 49.7. The minimum Gasteiger partial charge on any atom is -0.462 e. The second-order valence-electron chi connectivity index (χ2n) is 19.3. The number of carbonyl (C=O) groups excluding carboxylic acids is 2. The van der Waals surface area contributed by atoms with Gasteiger partial charge in [0.15, 0.2) is 6.10 Å². The minimum absolute atomic E-state index is 0.0312. The third-order valence-electron chi connectivity index (χ3n) is 11.6. The lowest BCUT2D eigenvalue weighted by molar-refractivity contribution is -0.870. The summed E-state index contributed by atoms with van der Waals surface area (Å²) in [4.78, 5) is 35.6. The molecule has 0 aliphatic heterocycles. The molecule has 0 heterocycles. The maximum atomic E-state index is 12.8. The molecule has 0 bridgehead atoms. The second-order valence-corrected chi connectivity index (χ2v) is 20.7. The van der Waals surface area contributed by atoms with E-state index in [9.17, 15) is 19.0 Å². The van der Waals surface area contributed by atoms with Crippen molar-refractivity contribution < 1.29 is 42.1 Å². The average Bonchev–Trinajstić information content (AvgIpc) is 3.25. The zero-order chi connectivity index (χ0) is 47.1. The van der Waals surface area contributed by atoms with E-state index in [1.54, 1.807) is 0 Å². The molecule has 10 heteroatoms. The summed E-state index contributed by atoms with van der Waals surface area (Å²) in [5, 5.41) is 0. The lowest BCUT2D eigenvalue weighted by atomic mass is 10.0. The van der Waals surface area contributed by atoms with Crippen molar-refractivity contribution in [2.75, 3.05) is 47.5 Å². The molecule has 0 saturated heterocycles. The van der Waals surface area contributed by atoms with Crippen molar-refractivity contribution >= 4 is 19.8 Å². The number of hydrogen-bond acceptors (Lipinski definition) is 7. The summed E-state index contributed by atoms with van der Waals surface area (Å²) in [6, 6.07) is 0. The lowest BCUT2D eigenvalue weighted by Gasteiger charge is -2.24. The molecule has 0 aliphatic rings. The molecule has 0 amide bonds. The van der Waals surface area contributed by atoms with Gasteiger partial charge < -0.3 is 18.9 Å². The van der Waals surface area contributed by atoms with Crippen molar-refractivity contribution in [1.29, 1.82) is 0 Å². The summed E-state index contributed by atoms with van der Waals surface area (Å²) in [5.41, 5.74) is 0. The molecule has 0 saturated carbocycles. The Morgan fingerprint density at radius 2 is 0.844 bits per heavy atom. The highest BCUT2D eigenvalue weighted by Gasteiger charge is 2.27. The van der Waals surface area contributed by atoms with Gasteiger partial charge in [0.1, 0.15) is 19.8 Å². The number of nitrogens with zero attached hydrogens (tertiary/aromatic N) is 1. The number of likely N-dealkylation sites (N-methyl/N-ethyl adjacent to an activating group) is 1. The Labute approximate surface area is 395 Å². The largest absolute Gasteiger partial charge is 0.472 e. The van der Waals surface area contributed by atoms with Crippen molar-refractivity contribution in [1.82, 2.24) is 0 Å². The van der Waals surface area contributed by atoms with E-state index in [-0.39, 0.29) is 32.0 Å². The van der Waals surface area contributed by atoms with Crippen LogP contribution in [0.4, 0.5) is 0 Å². The molecule has 9 nitrogen and oxygen atoms in total. The maximum Gasteiger partial charge on any atom is 0.472 e. The van der Waals surface area contributed by atoms with E-state index < -0.39 is 26.5 Å². The van der Waals surface area contributed by atoms with E-state index in [0.29, 0.717) is 17.4 Å². The quantitative estimate of drug-likeness (QED) is 0.0211. The Kier molecular flexibility index (Phi) is 45.1. The van der Waals surface area contributed by atoms with Gasteiger partial charge in [0.25, 0.3) is 0 Å².